The van der Waals surface area contributed by atoms with Gasteiger partial charge in [0.25, 0.3) is 0 Å². The van der Waals surface area contributed by atoms with Gasteiger partial charge in [-0.2, -0.15) is 17.0 Å². The van der Waals surface area contributed by atoms with Gasteiger partial charge in [0.1, 0.15) is 6.07 Å². The molecule has 0 aromatic heterocycles. The molecular weight excluding hydrogens is 284 g/mol. The first-order valence-corrected chi connectivity index (χ1v) is 7.21. The maximum absolute atomic E-state index is 8.87. The maximum Gasteiger partial charge on any atom is 0.100 e. The van der Waals surface area contributed by atoms with E-state index < -0.39 is 0 Å². The Bertz CT molecular complexity index is 428. The zero-order valence-corrected chi connectivity index (χ0v) is 11.5. The van der Waals surface area contributed by atoms with E-state index in [4.69, 9.17) is 5.26 Å². The lowest BCUT2D eigenvalue weighted by molar-refractivity contribution is 0.700. The van der Waals surface area contributed by atoms with E-state index in [0.717, 1.165) is 11.0 Å². The molecule has 1 atom stereocenters. The summed E-state index contributed by atoms with van der Waals surface area (Å²) < 4.78 is 0.887. The highest BCUT2D eigenvalue weighted by molar-refractivity contribution is 9.10. The highest BCUT2D eigenvalue weighted by Gasteiger charge is 2.19. The molecule has 1 aliphatic rings. The maximum atomic E-state index is 8.87. The molecule has 1 aromatic rings. The number of nitriles is 1. The lowest BCUT2D eigenvalue weighted by atomic mass is 10.2. The molecule has 0 aliphatic carbocycles. The molecule has 0 radical (unpaired) electrons. The number of rotatable bonds is 1. The number of hydrogen-bond donors (Lipinski definition) is 0. The fourth-order valence-corrected chi connectivity index (χ4v) is 3.35. The topological polar surface area (TPSA) is 27.0 Å². The van der Waals surface area contributed by atoms with Gasteiger partial charge in [0.05, 0.1) is 5.56 Å². The normalized spacial score (nSPS) is 20.6. The fraction of sp³-hybridized carbons (Fsp3) is 0.417. The number of benzene rings is 1. The van der Waals surface area contributed by atoms with Crippen LogP contribution < -0.4 is 4.90 Å². The first-order chi connectivity index (χ1) is 7.72. The van der Waals surface area contributed by atoms with E-state index in [0.29, 0.717) is 11.6 Å². The lowest BCUT2D eigenvalue weighted by Crippen LogP contribution is -2.40. The molecule has 4 heteroatoms. The predicted molar refractivity (Wildman–Crippen MR) is 73.0 cm³/mol. The quantitative estimate of drug-likeness (QED) is 0.796. The van der Waals surface area contributed by atoms with E-state index in [2.05, 4.69) is 33.8 Å². The highest BCUT2D eigenvalue weighted by Crippen LogP contribution is 2.28. The molecule has 0 N–H and O–H groups in total. The smallest absolute Gasteiger partial charge is 0.100 e. The summed E-state index contributed by atoms with van der Waals surface area (Å²) in [5, 5.41) is 8.87. The molecule has 2 nitrogen and oxygen atoms in total. The van der Waals surface area contributed by atoms with Crippen molar-refractivity contribution in [2.45, 2.75) is 13.0 Å². The molecule has 1 unspecified atom stereocenters. The molecule has 1 heterocycles. The van der Waals surface area contributed by atoms with Gasteiger partial charge in [0.15, 0.2) is 0 Å². The average Bonchev–Trinajstić information content (AvgIpc) is 2.29. The third-order valence-electron chi connectivity index (χ3n) is 2.77. The van der Waals surface area contributed by atoms with Crippen LogP contribution in [0.1, 0.15) is 12.5 Å². The summed E-state index contributed by atoms with van der Waals surface area (Å²) in [6.45, 7) is 3.34. The van der Waals surface area contributed by atoms with Crippen molar-refractivity contribution in [3.05, 3.63) is 28.2 Å². The Kier molecular flexibility index (Phi) is 3.78. The van der Waals surface area contributed by atoms with Crippen molar-refractivity contribution in [3.8, 4) is 6.07 Å². The van der Waals surface area contributed by atoms with Gasteiger partial charge in [-0.25, -0.2) is 0 Å². The van der Waals surface area contributed by atoms with Crippen LogP contribution >= 0.6 is 27.7 Å². The predicted octanol–water partition coefficient (Wildman–Crippen LogP) is 3.26. The van der Waals surface area contributed by atoms with Gasteiger partial charge in [-0.1, -0.05) is 0 Å². The average molecular weight is 297 g/mol. The standard InChI is InChI=1S/C12H13BrN2S/c1-9-8-16-5-4-15(9)11-3-2-10(7-14)12(13)6-11/h2-3,6,9H,4-5,8H2,1H3. The Morgan fingerprint density at radius 1 is 1.56 bits per heavy atom. The Labute approximate surface area is 109 Å². The summed E-state index contributed by atoms with van der Waals surface area (Å²) in [6, 6.07) is 8.70. The van der Waals surface area contributed by atoms with E-state index in [1.807, 2.05) is 30.0 Å². The highest BCUT2D eigenvalue weighted by atomic mass is 79.9. The summed E-state index contributed by atoms with van der Waals surface area (Å²) in [4.78, 5) is 2.41. The second kappa shape index (κ2) is 5.11. The fourth-order valence-electron chi connectivity index (χ4n) is 1.88. The minimum absolute atomic E-state index is 0.568. The zero-order chi connectivity index (χ0) is 11.5. The van der Waals surface area contributed by atoms with Crippen LogP contribution in [0.15, 0.2) is 22.7 Å². The van der Waals surface area contributed by atoms with Crippen LogP contribution in [0.5, 0.6) is 0 Å². The van der Waals surface area contributed by atoms with Crippen LogP contribution in [0.4, 0.5) is 5.69 Å². The van der Waals surface area contributed by atoms with Crippen LogP contribution in [0.25, 0.3) is 0 Å². The first-order valence-electron chi connectivity index (χ1n) is 5.26. The molecule has 1 saturated heterocycles. The van der Waals surface area contributed by atoms with Crippen molar-refractivity contribution in [1.29, 1.82) is 5.26 Å². The Hall–Kier alpha value is -0.660. The second-order valence-electron chi connectivity index (χ2n) is 3.89. The summed E-state index contributed by atoms with van der Waals surface area (Å²) in [6.07, 6.45) is 0. The van der Waals surface area contributed by atoms with Crippen molar-refractivity contribution < 1.29 is 0 Å². The number of halogens is 1. The first kappa shape index (κ1) is 11.8. The van der Waals surface area contributed by atoms with Crippen molar-refractivity contribution in [3.63, 3.8) is 0 Å². The van der Waals surface area contributed by atoms with Crippen molar-refractivity contribution in [1.82, 2.24) is 0 Å². The largest absolute Gasteiger partial charge is 0.367 e. The van der Waals surface area contributed by atoms with Crippen molar-refractivity contribution >= 4 is 33.4 Å². The SMILES string of the molecule is CC1CSCCN1c1ccc(C#N)c(Br)c1. The van der Waals surface area contributed by atoms with Gasteiger partial charge in [0.2, 0.25) is 0 Å². The van der Waals surface area contributed by atoms with Crippen LogP contribution in [0.2, 0.25) is 0 Å². The molecule has 2 rings (SSSR count). The monoisotopic (exact) mass is 296 g/mol. The zero-order valence-electron chi connectivity index (χ0n) is 9.11. The van der Waals surface area contributed by atoms with Crippen LogP contribution in [-0.2, 0) is 0 Å². The summed E-state index contributed by atoms with van der Waals surface area (Å²) >= 11 is 5.45. The van der Waals surface area contributed by atoms with Crippen molar-refractivity contribution in [2.75, 3.05) is 23.0 Å². The van der Waals surface area contributed by atoms with Gasteiger partial charge in [-0.3, -0.25) is 0 Å². The van der Waals surface area contributed by atoms with Gasteiger partial charge in [-0.15, -0.1) is 0 Å². The third-order valence-corrected chi connectivity index (χ3v) is 4.62. The molecule has 1 fully saturated rings. The van der Waals surface area contributed by atoms with E-state index in [-0.39, 0.29) is 0 Å². The molecule has 1 aliphatic heterocycles. The molecular formula is C12H13BrN2S. The van der Waals surface area contributed by atoms with Gasteiger partial charge >= 0.3 is 0 Å². The Morgan fingerprint density at radius 3 is 3.00 bits per heavy atom. The summed E-state index contributed by atoms with van der Waals surface area (Å²) in [5.41, 5.74) is 1.90. The second-order valence-corrected chi connectivity index (χ2v) is 5.90. The van der Waals surface area contributed by atoms with Crippen molar-refractivity contribution in [2.24, 2.45) is 0 Å². The molecule has 0 amide bonds. The number of anilines is 1. The lowest BCUT2D eigenvalue weighted by Gasteiger charge is -2.35. The van der Waals surface area contributed by atoms with Gasteiger partial charge in [0, 0.05) is 34.3 Å². The summed E-state index contributed by atoms with van der Waals surface area (Å²) in [7, 11) is 0. The Balaban J connectivity index is 2.27. The third kappa shape index (κ3) is 2.36. The van der Waals surface area contributed by atoms with E-state index in [1.54, 1.807) is 0 Å². The van der Waals surface area contributed by atoms with Crippen LogP contribution in [-0.4, -0.2) is 24.1 Å². The number of nitrogens with zero attached hydrogens (tertiary/aromatic N) is 2. The van der Waals surface area contributed by atoms with Gasteiger partial charge < -0.3 is 4.90 Å². The molecule has 0 spiro atoms. The minimum atomic E-state index is 0.568. The summed E-state index contributed by atoms with van der Waals surface area (Å²) in [5.74, 6) is 2.36. The van der Waals surface area contributed by atoms with Crippen LogP contribution in [0.3, 0.4) is 0 Å². The van der Waals surface area contributed by atoms with E-state index >= 15 is 0 Å². The minimum Gasteiger partial charge on any atom is -0.367 e. The Morgan fingerprint density at radius 2 is 2.38 bits per heavy atom. The molecule has 16 heavy (non-hydrogen) atoms. The number of hydrogen-bond acceptors (Lipinski definition) is 3. The van der Waals surface area contributed by atoms with Crippen LogP contribution in [0, 0.1) is 11.3 Å². The molecule has 1 aromatic carbocycles. The number of thioether (sulfide) groups is 1. The van der Waals surface area contributed by atoms with E-state index in [1.165, 1.54) is 17.2 Å². The molecule has 0 bridgehead atoms. The molecule has 0 saturated carbocycles. The molecule has 84 valence electrons. The van der Waals surface area contributed by atoms with Gasteiger partial charge in [-0.05, 0) is 41.1 Å². The van der Waals surface area contributed by atoms with E-state index in [9.17, 15) is 0 Å².